The number of nitrogens with one attached hydrogen (secondary N) is 1. The fourth-order valence-electron chi connectivity index (χ4n) is 7.63. The van der Waals surface area contributed by atoms with Gasteiger partial charge in [0.15, 0.2) is 0 Å². The van der Waals surface area contributed by atoms with Gasteiger partial charge in [-0.25, -0.2) is 9.37 Å². The summed E-state index contributed by atoms with van der Waals surface area (Å²) in [7, 11) is 3.67. The number of amides is 2. The van der Waals surface area contributed by atoms with E-state index in [0.29, 0.717) is 40.6 Å². The summed E-state index contributed by atoms with van der Waals surface area (Å²) in [5, 5.41) is 2.88. The number of halogens is 3. The molecule has 3 fully saturated rings. The molecule has 6 atom stereocenters. The monoisotopic (exact) mass is 744 g/mol. The van der Waals surface area contributed by atoms with Crippen molar-refractivity contribution in [2.75, 3.05) is 32.1 Å². The Bertz CT molecular complexity index is 1620. The van der Waals surface area contributed by atoms with Gasteiger partial charge in [-0.1, -0.05) is 0 Å². The first-order valence-corrected chi connectivity index (χ1v) is 16.7. The maximum atomic E-state index is 15.7. The summed E-state index contributed by atoms with van der Waals surface area (Å²) in [5.74, 6) is 0.349. The second kappa shape index (κ2) is 12.7. The summed E-state index contributed by atoms with van der Waals surface area (Å²) in [6.07, 6.45) is 5.08. The van der Waals surface area contributed by atoms with Crippen LogP contribution in [0.15, 0.2) is 48.7 Å². The molecule has 8 nitrogen and oxygen atoms in total. The minimum Gasteiger partial charge on any atom is -0.497 e. The largest absolute Gasteiger partial charge is 0.497 e. The Kier molecular flexibility index (Phi) is 9.01. The molecule has 1 aliphatic carbocycles. The Morgan fingerprint density at radius 1 is 1.13 bits per heavy atom. The molecule has 2 amide bonds. The average molecular weight is 745 g/mol. The van der Waals surface area contributed by atoms with Crippen molar-refractivity contribution in [3.63, 3.8) is 0 Å². The normalized spacial score (nSPS) is 25.5. The molecular weight excluding hydrogens is 705 g/mol. The molecule has 1 aromatic heterocycles. The molecule has 2 bridgehead atoms. The van der Waals surface area contributed by atoms with Gasteiger partial charge >= 0.3 is 0 Å². The third-order valence-electron chi connectivity index (χ3n) is 9.92. The minimum absolute atomic E-state index is 0.140. The average Bonchev–Trinajstić information content (AvgIpc) is 3.66. The molecule has 244 valence electrons. The molecule has 1 saturated carbocycles. The summed E-state index contributed by atoms with van der Waals surface area (Å²) in [5.41, 5.74) is 3.30. The fourth-order valence-corrected chi connectivity index (χ4v) is 7.89. The van der Waals surface area contributed by atoms with Crippen LogP contribution >= 0.6 is 22.6 Å². The number of carbonyl (C=O) groups is 2. The molecule has 3 aromatic rings. The number of ether oxygens (including phenoxy) is 2. The summed E-state index contributed by atoms with van der Waals surface area (Å²) in [4.78, 5) is 36.4. The van der Waals surface area contributed by atoms with E-state index >= 15 is 4.39 Å². The van der Waals surface area contributed by atoms with Crippen LogP contribution in [0.5, 0.6) is 11.5 Å². The van der Waals surface area contributed by atoms with Crippen LogP contribution < -0.4 is 19.7 Å². The van der Waals surface area contributed by atoms with Crippen LogP contribution in [-0.4, -0.2) is 64.9 Å². The molecule has 3 aliphatic rings. The van der Waals surface area contributed by atoms with E-state index in [1.54, 1.807) is 24.1 Å². The number of pyridine rings is 1. The quantitative estimate of drug-likeness (QED) is 0.210. The summed E-state index contributed by atoms with van der Waals surface area (Å²) >= 11 is 1.53. The lowest BCUT2D eigenvalue weighted by atomic mass is 9.87. The van der Waals surface area contributed by atoms with E-state index in [1.807, 2.05) is 13.0 Å². The van der Waals surface area contributed by atoms with Gasteiger partial charge in [-0.3, -0.25) is 14.5 Å². The number of benzene rings is 2. The number of aromatic nitrogens is 1. The van der Waals surface area contributed by atoms with Crippen molar-refractivity contribution in [1.29, 1.82) is 0 Å². The van der Waals surface area contributed by atoms with Crippen LogP contribution in [0.2, 0.25) is 0 Å². The molecule has 2 aliphatic heterocycles. The number of rotatable bonds is 9. The number of likely N-dealkylation sites (tertiary alicyclic amines) is 1. The van der Waals surface area contributed by atoms with Crippen LogP contribution in [0.3, 0.4) is 0 Å². The first kappa shape index (κ1) is 32.6. The molecule has 11 heteroatoms. The van der Waals surface area contributed by atoms with Gasteiger partial charge in [0.2, 0.25) is 0 Å². The van der Waals surface area contributed by atoms with Gasteiger partial charge in [0.05, 0.1) is 7.11 Å². The van der Waals surface area contributed by atoms with E-state index in [-0.39, 0.29) is 23.8 Å². The molecule has 46 heavy (non-hydrogen) atoms. The Morgan fingerprint density at radius 3 is 2.48 bits per heavy atom. The fraction of sp³-hybridized carbons (Fsp3) is 0.457. The summed E-state index contributed by atoms with van der Waals surface area (Å²) in [6, 6.07) is 10.6. The number of aryl methyl sites for hydroxylation is 1. The van der Waals surface area contributed by atoms with Crippen LogP contribution in [-0.2, 0) is 11.2 Å². The van der Waals surface area contributed by atoms with E-state index in [2.05, 4.69) is 22.2 Å². The Balaban J connectivity index is 1.30. The van der Waals surface area contributed by atoms with Crippen LogP contribution in [0.25, 0.3) is 0 Å². The maximum absolute atomic E-state index is 15.7. The van der Waals surface area contributed by atoms with Gasteiger partial charge in [0.1, 0.15) is 29.2 Å². The standard InChI is InChI=1S/C35H39F2IN4O4/c1-19-12-27(45-5)16-29(36)30(19)28-18-42(32-20(2)22(10-11-39-32)13-23-14-25-15-24(23)17-41(25)4)34(44)31(28)40-33(43)21-6-8-26(9-7-21)46-35(3,37)38/h6-12,16,23-25,28,31H,13-15,17-18H2,1-5H3,(H,40,43)/t23?,24-,25+,28-,31-,35?/m0/s1. The summed E-state index contributed by atoms with van der Waals surface area (Å²) in [6.45, 7) is 6.30. The third-order valence-corrected chi connectivity index (χ3v) is 10.1. The summed E-state index contributed by atoms with van der Waals surface area (Å²) < 4.78 is 38.2. The van der Waals surface area contributed by atoms with Crippen molar-refractivity contribution in [1.82, 2.24) is 15.2 Å². The van der Waals surface area contributed by atoms with Gasteiger partial charge in [0, 0.05) is 72.4 Å². The number of carbonyl (C=O) groups excluding carboxylic acids is 2. The number of alkyl halides is 2. The first-order valence-electron chi connectivity index (χ1n) is 15.6. The topological polar surface area (TPSA) is 84.0 Å². The molecule has 2 unspecified atom stereocenters. The Morgan fingerprint density at radius 2 is 1.87 bits per heavy atom. The van der Waals surface area contributed by atoms with Gasteiger partial charge < -0.3 is 19.7 Å². The zero-order chi connectivity index (χ0) is 32.9. The highest BCUT2D eigenvalue weighted by atomic mass is 127. The predicted octanol–water partition coefficient (Wildman–Crippen LogP) is 6.11. The lowest BCUT2D eigenvalue weighted by Crippen LogP contribution is -2.44. The van der Waals surface area contributed by atoms with Crippen LogP contribution in [0, 0.1) is 31.5 Å². The molecule has 2 saturated heterocycles. The highest BCUT2D eigenvalue weighted by Crippen LogP contribution is 2.44. The van der Waals surface area contributed by atoms with Crippen molar-refractivity contribution < 1.29 is 27.8 Å². The van der Waals surface area contributed by atoms with E-state index in [0.717, 1.165) is 24.1 Å². The predicted molar refractivity (Wildman–Crippen MR) is 180 cm³/mol. The van der Waals surface area contributed by atoms with Crippen LogP contribution in [0.4, 0.5) is 14.6 Å². The highest BCUT2D eigenvalue weighted by molar-refractivity contribution is 14.1. The van der Waals surface area contributed by atoms with Gasteiger partial charge in [-0.15, -0.1) is 0 Å². The lowest BCUT2D eigenvalue weighted by Gasteiger charge is -2.29. The molecule has 2 aromatic carbocycles. The number of fused-ring (bicyclic) bond motifs is 2. The number of methoxy groups -OCH3 is 1. The molecule has 0 radical (unpaired) electrons. The van der Waals surface area contributed by atoms with Gasteiger partial charge in [0.25, 0.3) is 15.7 Å². The second-order valence-electron chi connectivity index (χ2n) is 13.0. The minimum atomic E-state index is -1.91. The lowest BCUT2D eigenvalue weighted by molar-refractivity contribution is -0.118. The van der Waals surface area contributed by atoms with Gasteiger partial charge in [-0.05, 0) is 111 Å². The molecule has 0 spiro atoms. The van der Waals surface area contributed by atoms with Crippen molar-refractivity contribution in [3.05, 3.63) is 82.3 Å². The van der Waals surface area contributed by atoms with Crippen molar-refractivity contribution >= 4 is 40.2 Å². The van der Waals surface area contributed by atoms with E-state index in [9.17, 15) is 14.0 Å². The number of nitrogens with zero attached hydrogens (tertiary/aromatic N) is 3. The van der Waals surface area contributed by atoms with Crippen molar-refractivity contribution in [2.45, 2.75) is 61.9 Å². The number of anilines is 1. The second-order valence-corrected chi connectivity index (χ2v) is 14.9. The van der Waals surface area contributed by atoms with Crippen LogP contribution in [0.1, 0.15) is 58.3 Å². The zero-order valence-corrected chi connectivity index (χ0v) is 28.8. The number of hydrogen-bond acceptors (Lipinski definition) is 6. The number of piperidine rings is 1. The van der Waals surface area contributed by atoms with E-state index in [4.69, 9.17) is 9.47 Å². The molecule has 6 rings (SSSR count). The maximum Gasteiger partial charge on any atom is 0.295 e. The smallest absolute Gasteiger partial charge is 0.295 e. The van der Waals surface area contributed by atoms with Crippen molar-refractivity contribution in [2.24, 2.45) is 11.8 Å². The highest BCUT2D eigenvalue weighted by Gasteiger charge is 2.46. The Labute approximate surface area is 282 Å². The number of hydrogen-bond donors (Lipinski definition) is 1. The van der Waals surface area contributed by atoms with Gasteiger partial charge in [-0.2, -0.15) is 4.39 Å². The van der Waals surface area contributed by atoms with E-state index in [1.165, 1.54) is 79.8 Å². The molecular formula is C35H39F2IN4O4. The molecule has 1 N–H and O–H groups in total. The molecule has 3 heterocycles. The SMILES string of the molecule is COc1cc(C)c([C@@H]2CN(c3nccc(CC4C[C@@H]5C[C@H]4CN5C)c3C)C(=O)[C@H]2NC(=O)c2ccc(OC(C)(F)I)cc2)c(F)c1. The Hall–Kier alpha value is -3.32. The van der Waals surface area contributed by atoms with Crippen molar-refractivity contribution in [3.8, 4) is 11.5 Å². The van der Waals surface area contributed by atoms with E-state index < -0.39 is 27.5 Å². The third kappa shape index (κ3) is 6.45. The first-order chi connectivity index (χ1) is 21.8. The zero-order valence-electron chi connectivity index (χ0n) is 26.6.